The van der Waals surface area contributed by atoms with E-state index < -0.39 is 19.9 Å². The molecule has 1 aliphatic heterocycles. The van der Waals surface area contributed by atoms with E-state index in [1.54, 1.807) is 0 Å². The van der Waals surface area contributed by atoms with Crippen LogP contribution in [-0.2, 0) is 43.6 Å². The zero-order valence-corrected chi connectivity index (χ0v) is 21.9. The zero-order valence-electron chi connectivity index (χ0n) is 18.8. The van der Waals surface area contributed by atoms with Crippen molar-refractivity contribution in [2.75, 3.05) is 0 Å². The van der Waals surface area contributed by atoms with E-state index in [9.17, 15) is 0 Å². The van der Waals surface area contributed by atoms with Gasteiger partial charge < -0.3 is 24.8 Å². The first-order valence-corrected chi connectivity index (χ1v) is 11.1. The molecular weight excluding hydrogens is 439 g/mol. The summed E-state index contributed by atoms with van der Waals surface area (Å²) in [7, 11) is 0. The molecule has 0 spiro atoms. The number of fused-ring (bicyclic) bond motifs is 2. The fourth-order valence-electron chi connectivity index (χ4n) is 3.80. The molecule has 0 saturated heterocycles. The molecule has 0 amide bonds. The standard InChI is InChI=1S/C24H34O2.2ClH.Ti/c1-15-11-17(21(25)19(13-15)23(3,4)5)9-10-18-12-16(2)14-20(22(18)26)24(6,7)8;;;/h11-14,25-26H,9-10H2,1-8H3;2*1H;/q;;;+4/p-4. The topological polar surface area (TPSA) is 18.5 Å². The molecule has 0 aliphatic carbocycles. The Morgan fingerprint density at radius 3 is 1.31 bits per heavy atom. The Morgan fingerprint density at radius 1 is 0.655 bits per heavy atom. The van der Waals surface area contributed by atoms with E-state index >= 15 is 0 Å². The van der Waals surface area contributed by atoms with Crippen molar-refractivity contribution in [1.29, 1.82) is 0 Å². The van der Waals surface area contributed by atoms with Crippen molar-refractivity contribution >= 4 is 0 Å². The third-order valence-electron chi connectivity index (χ3n) is 5.19. The van der Waals surface area contributed by atoms with Gasteiger partial charge in [0.2, 0.25) is 0 Å². The van der Waals surface area contributed by atoms with E-state index in [0.29, 0.717) is 0 Å². The molecule has 0 bridgehead atoms. The van der Waals surface area contributed by atoms with Crippen molar-refractivity contribution in [2.24, 2.45) is 0 Å². The van der Waals surface area contributed by atoms with E-state index in [4.69, 9.17) is 6.64 Å². The van der Waals surface area contributed by atoms with Gasteiger partial charge in [-0.3, -0.25) is 0 Å². The molecule has 0 atom stereocenters. The van der Waals surface area contributed by atoms with Crippen LogP contribution >= 0.6 is 0 Å². The Bertz CT molecular complexity index is 793. The smallest absolute Gasteiger partial charge is 1.00 e. The Balaban J connectivity index is 0.00000210. The predicted molar refractivity (Wildman–Crippen MR) is 108 cm³/mol. The molecule has 0 saturated carbocycles. The van der Waals surface area contributed by atoms with Gasteiger partial charge >= 0.3 is 175 Å². The van der Waals surface area contributed by atoms with Crippen LogP contribution in [0.25, 0.3) is 0 Å². The van der Waals surface area contributed by atoms with Crippen molar-refractivity contribution in [3.05, 3.63) is 57.6 Å². The first-order valence-electron chi connectivity index (χ1n) is 9.83. The van der Waals surface area contributed by atoms with Gasteiger partial charge in [-0.25, -0.2) is 0 Å². The molecule has 0 aromatic heterocycles. The molecular formula is C24H32Cl2O2Ti. The molecule has 3 rings (SSSR count). The third-order valence-corrected chi connectivity index (χ3v) is 6.09. The van der Waals surface area contributed by atoms with Crippen molar-refractivity contribution in [3.63, 3.8) is 0 Å². The molecule has 1 heterocycles. The maximum Gasteiger partial charge on any atom is -1.00 e. The van der Waals surface area contributed by atoms with Crippen molar-refractivity contribution in [1.82, 2.24) is 0 Å². The average Bonchev–Trinajstić information content (AvgIpc) is 2.60. The fourth-order valence-corrected chi connectivity index (χ4v) is 4.87. The predicted octanol–water partition coefficient (Wildman–Crippen LogP) is 0.375. The molecule has 0 fully saturated rings. The molecule has 158 valence electrons. The molecule has 2 aromatic rings. The van der Waals surface area contributed by atoms with Gasteiger partial charge in [0.25, 0.3) is 0 Å². The van der Waals surface area contributed by atoms with Gasteiger partial charge in [0, 0.05) is 0 Å². The second-order valence-corrected chi connectivity index (χ2v) is 10.8. The van der Waals surface area contributed by atoms with Crippen molar-refractivity contribution < 1.29 is 51.4 Å². The largest absolute Gasteiger partial charge is 1.00 e. The van der Waals surface area contributed by atoms with Crippen LogP contribution < -0.4 is 31.5 Å². The third kappa shape index (κ3) is 5.94. The Labute approximate surface area is 198 Å². The molecule has 0 radical (unpaired) electrons. The van der Waals surface area contributed by atoms with Gasteiger partial charge in [0.05, 0.1) is 0 Å². The van der Waals surface area contributed by atoms with Crippen LogP contribution in [0.15, 0.2) is 24.3 Å². The summed E-state index contributed by atoms with van der Waals surface area (Å²) >= 11 is -1.03. The van der Waals surface area contributed by atoms with E-state index in [-0.39, 0.29) is 35.6 Å². The minimum atomic E-state index is -1.03. The zero-order chi connectivity index (χ0) is 20.0. The van der Waals surface area contributed by atoms with Crippen molar-refractivity contribution in [3.8, 4) is 11.5 Å². The summed E-state index contributed by atoms with van der Waals surface area (Å²) in [6.45, 7) is 17.9. The second kappa shape index (κ2) is 9.64. The van der Waals surface area contributed by atoms with E-state index in [0.717, 1.165) is 24.3 Å². The number of aryl methyl sites for hydroxylation is 4. The normalized spacial score (nSPS) is 13.2. The molecule has 0 N–H and O–H groups in total. The fraction of sp³-hybridized carbons (Fsp3) is 0.500. The number of hydrogen-bond donors (Lipinski definition) is 0. The van der Waals surface area contributed by atoms with Gasteiger partial charge in [0.15, 0.2) is 0 Å². The molecule has 0 unspecified atom stereocenters. The SMILES string of the molecule is Cc1cc2c(c(C(C)(C)C)c1)[O][Ti+2][O]c1c(cc(C)cc1C(C)(C)C)CC2.[Cl-].[Cl-]. The Morgan fingerprint density at radius 2 is 1.00 bits per heavy atom. The quantitative estimate of drug-likeness (QED) is 0.518. The van der Waals surface area contributed by atoms with Crippen molar-refractivity contribution in [2.45, 2.75) is 79.1 Å². The van der Waals surface area contributed by atoms with Crippen LogP contribution in [0, 0.1) is 13.8 Å². The van der Waals surface area contributed by atoms with Gasteiger partial charge in [-0.1, -0.05) is 0 Å². The molecule has 5 heteroatoms. The summed E-state index contributed by atoms with van der Waals surface area (Å²) in [5.41, 5.74) is 7.95. The van der Waals surface area contributed by atoms with Crippen LogP contribution in [0.1, 0.15) is 74.9 Å². The van der Waals surface area contributed by atoms with Gasteiger partial charge in [-0.2, -0.15) is 0 Å². The van der Waals surface area contributed by atoms with Crippen LogP contribution in [0.5, 0.6) is 11.5 Å². The van der Waals surface area contributed by atoms with Crippen LogP contribution in [-0.4, -0.2) is 0 Å². The summed E-state index contributed by atoms with van der Waals surface area (Å²) in [5.74, 6) is 2.13. The van der Waals surface area contributed by atoms with E-state index in [1.165, 1.54) is 33.4 Å². The van der Waals surface area contributed by atoms with Gasteiger partial charge in [0.1, 0.15) is 0 Å². The van der Waals surface area contributed by atoms with E-state index in [2.05, 4.69) is 79.7 Å². The minimum absolute atomic E-state index is 0. The summed E-state index contributed by atoms with van der Waals surface area (Å²) in [6.07, 6.45) is 1.96. The van der Waals surface area contributed by atoms with Gasteiger partial charge in [-0.15, -0.1) is 0 Å². The summed E-state index contributed by atoms with van der Waals surface area (Å²) in [6, 6.07) is 9.14. The maximum atomic E-state index is 6.38. The van der Waals surface area contributed by atoms with Crippen LogP contribution in [0.3, 0.4) is 0 Å². The number of hydrogen-bond acceptors (Lipinski definition) is 2. The summed E-state index contributed by atoms with van der Waals surface area (Å²) < 4.78 is 12.8. The number of halogens is 2. The van der Waals surface area contributed by atoms with E-state index in [1.807, 2.05) is 0 Å². The monoisotopic (exact) mass is 470 g/mol. The molecule has 2 aromatic carbocycles. The molecule has 1 aliphatic rings. The summed E-state index contributed by atoms with van der Waals surface area (Å²) in [5, 5.41) is 0. The maximum absolute atomic E-state index is 6.38. The Hall–Kier alpha value is -0.666. The van der Waals surface area contributed by atoms with Crippen LogP contribution in [0.2, 0.25) is 0 Å². The van der Waals surface area contributed by atoms with Crippen LogP contribution in [0.4, 0.5) is 0 Å². The van der Waals surface area contributed by atoms with Gasteiger partial charge in [-0.05, 0) is 0 Å². The average molecular weight is 471 g/mol. The minimum Gasteiger partial charge on any atom is -1.00 e. The summed E-state index contributed by atoms with van der Waals surface area (Å²) in [4.78, 5) is 0. The number of rotatable bonds is 0. The molecule has 29 heavy (non-hydrogen) atoms. The second-order valence-electron chi connectivity index (χ2n) is 9.89. The number of benzene rings is 2. The first-order chi connectivity index (χ1) is 12.5. The first kappa shape index (κ1) is 26.4. The molecule has 2 nitrogen and oxygen atoms in total. The Kier molecular flexibility index (Phi) is 8.77.